The first-order chi connectivity index (χ1) is 57.2. The topological polar surface area (TPSA) is 266 Å². The van der Waals surface area contributed by atoms with Gasteiger partial charge in [0.25, 0.3) is 0 Å². The monoisotopic (exact) mass is 1660 g/mol. The SMILES string of the molecule is CCCCC(CC)COCC(CO)(CO)CO.CCCCCCCCCCCCCCCCCCCCCCO.CCCCCCCCCCCCCCCCCCO.CCCCCCCCCCCCCCCCO.CCCCCCCCCCCCCCO.CCCCc1cccc(C(=O)O)c1O.CCc1c(O)cccc1C(=O)O. The normalized spacial score (nSPS) is 11.2. The lowest BCUT2D eigenvalue weighted by atomic mass is 9.92. The molecule has 0 spiro atoms. The van der Waals surface area contributed by atoms with Gasteiger partial charge in [0.1, 0.15) is 17.1 Å². The Bertz CT molecular complexity index is 2120. The average molecular weight is 1660 g/mol. The molecular weight excluding hydrogens is 1460 g/mol. The molecule has 0 fully saturated rings. The van der Waals surface area contributed by atoms with Crippen molar-refractivity contribution in [1.29, 1.82) is 0 Å². The second-order valence-corrected chi connectivity index (χ2v) is 34.0. The molecule has 0 aliphatic rings. The molecule has 0 saturated carbocycles. The van der Waals surface area contributed by atoms with Gasteiger partial charge >= 0.3 is 11.9 Å². The van der Waals surface area contributed by atoms with E-state index < -0.39 is 17.4 Å². The molecule has 1 atom stereocenters. The fourth-order valence-corrected chi connectivity index (χ4v) is 14.4. The van der Waals surface area contributed by atoms with Crippen LogP contribution in [0.25, 0.3) is 0 Å². The van der Waals surface area contributed by atoms with Crippen LogP contribution >= 0.6 is 0 Å². The van der Waals surface area contributed by atoms with Gasteiger partial charge in [-0.1, -0.05) is 472 Å². The molecule has 11 N–H and O–H groups in total. The number of aliphatic hydroxyl groups excluding tert-OH is 7. The van der Waals surface area contributed by atoms with Crippen molar-refractivity contribution in [2.75, 3.05) is 59.5 Å². The summed E-state index contributed by atoms with van der Waals surface area (Å²) in [6.07, 6.45) is 93.6. The first-order valence-corrected chi connectivity index (χ1v) is 50.1. The number of para-hydroxylation sites is 1. The van der Waals surface area contributed by atoms with Gasteiger partial charge in [-0.25, -0.2) is 9.59 Å². The van der Waals surface area contributed by atoms with E-state index in [1.165, 1.54) is 410 Å². The third-order valence-corrected chi connectivity index (χ3v) is 22.7. The van der Waals surface area contributed by atoms with Crippen molar-refractivity contribution in [2.45, 2.75) is 505 Å². The molecule has 0 saturated heterocycles. The predicted molar refractivity (Wildman–Crippen MR) is 503 cm³/mol. The van der Waals surface area contributed by atoms with Crippen molar-refractivity contribution in [3.05, 3.63) is 58.7 Å². The molecule has 0 radical (unpaired) electrons. The van der Waals surface area contributed by atoms with Gasteiger partial charge in [-0.2, -0.15) is 0 Å². The van der Waals surface area contributed by atoms with E-state index in [0.717, 1.165) is 57.8 Å². The minimum Gasteiger partial charge on any atom is -0.508 e. The van der Waals surface area contributed by atoms with Gasteiger partial charge in [0, 0.05) is 38.6 Å². The number of ether oxygens (including phenoxy) is 1. The molecule has 2 rings (SSSR count). The molecule has 0 aliphatic carbocycles. The molecule has 696 valence electrons. The number of carboxylic acid groups (broad SMARTS) is 2. The van der Waals surface area contributed by atoms with Crippen molar-refractivity contribution < 1.29 is 70.5 Å². The van der Waals surface area contributed by atoms with Crippen molar-refractivity contribution in [3.63, 3.8) is 0 Å². The first-order valence-electron chi connectivity index (χ1n) is 50.1. The van der Waals surface area contributed by atoms with E-state index in [9.17, 15) is 19.8 Å². The molecule has 0 aliphatic heterocycles. The van der Waals surface area contributed by atoms with Crippen LogP contribution in [0.5, 0.6) is 11.5 Å². The van der Waals surface area contributed by atoms with E-state index in [2.05, 4.69) is 48.5 Å². The highest BCUT2D eigenvalue weighted by Gasteiger charge is 2.29. The highest BCUT2D eigenvalue weighted by Crippen LogP contribution is 2.26. The second kappa shape index (κ2) is 105. The molecular formula is C103H200O14. The van der Waals surface area contributed by atoms with Crippen molar-refractivity contribution in [1.82, 2.24) is 0 Å². The first kappa shape index (κ1) is 122. The third kappa shape index (κ3) is 91.7. The molecule has 0 aromatic heterocycles. The van der Waals surface area contributed by atoms with Gasteiger partial charge in [-0.15, -0.1) is 0 Å². The molecule has 2 aromatic carbocycles. The number of hydrogen-bond donors (Lipinski definition) is 11. The van der Waals surface area contributed by atoms with E-state index >= 15 is 0 Å². The van der Waals surface area contributed by atoms with Crippen LogP contribution in [0.4, 0.5) is 0 Å². The lowest BCUT2D eigenvalue weighted by Gasteiger charge is -2.27. The number of unbranched alkanes of at least 4 members (excludes halogenated alkanes) is 60. The van der Waals surface area contributed by atoms with Crippen LogP contribution < -0.4 is 0 Å². The van der Waals surface area contributed by atoms with Gasteiger partial charge in [-0.05, 0) is 81.0 Å². The molecule has 14 heteroatoms. The summed E-state index contributed by atoms with van der Waals surface area (Å²) in [7, 11) is 0. The van der Waals surface area contributed by atoms with E-state index in [-0.39, 0.29) is 49.1 Å². The largest absolute Gasteiger partial charge is 0.508 e. The maximum absolute atomic E-state index is 10.7. The Morgan fingerprint density at radius 3 is 0.761 bits per heavy atom. The number of benzene rings is 2. The number of aryl methyl sites for hydroxylation is 1. The van der Waals surface area contributed by atoms with E-state index in [1.807, 2.05) is 6.92 Å². The smallest absolute Gasteiger partial charge is 0.339 e. The zero-order chi connectivity index (χ0) is 87.5. The van der Waals surface area contributed by atoms with Crippen molar-refractivity contribution in [2.24, 2.45) is 11.3 Å². The minimum atomic E-state index is -1.08. The molecule has 1 unspecified atom stereocenters. The maximum atomic E-state index is 10.7. The summed E-state index contributed by atoms with van der Waals surface area (Å²) in [6.45, 7) is 18.9. The Morgan fingerprint density at radius 2 is 0.547 bits per heavy atom. The van der Waals surface area contributed by atoms with Crippen LogP contribution in [0.1, 0.15) is 524 Å². The summed E-state index contributed by atoms with van der Waals surface area (Å²) >= 11 is 0. The minimum absolute atomic E-state index is 0.0152. The molecule has 0 bridgehead atoms. The Balaban J connectivity index is -0.000000420. The lowest BCUT2D eigenvalue weighted by molar-refractivity contribution is -0.0645. The van der Waals surface area contributed by atoms with Crippen LogP contribution in [0.15, 0.2) is 36.4 Å². The van der Waals surface area contributed by atoms with Gasteiger partial charge in [0.05, 0.1) is 37.4 Å². The van der Waals surface area contributed by atoms with Crippen LogP contribution in [0.2, 0.25) is 0 Å². The van der Waals surface area contributed by atoms with E-state index in [4.69, 9.17) is 50.7 Å². The summed E-state index contributed by atoms with van der Waals surface area (Å²) in [5.41, 5.74) is 0.469. The van der Waals surface area contributed by atoms with E-state index in [1.54, 1.807) is 12.1 Å². The summed E-state index contributed by atoms with van der Waals surface area (Å²) in [4.78, 5) is 21.3. The zero-order valence-corrected chi connectivity index (χ0v) is 78.5. The Kier molecular flexibility index (Phi) is 110. The number of carbonyl (C=O) groups is 2. The predicted octanol–water partition coefficient (Wildman–Crippen LogP) is 29.4. The van der Waals surface area contributed by atoms with Crippen molar-refractivity contribution in [3.8, 4) is 11.5 Å². The number of hydrogen-bond acceptors (Lipinski definition) is 12. The molecule has 0 heterocycles. The highest BCUT2D eigenvalue weighted by atomic mass is 16.5. The van der Waals surface area contributed by atoms with Crippen molar-refractivity contribution >= 4 is 11.9 Å². The molecule has 14 nitrogen and oxygen atoms in total. The van der Waals surface area contributed by atoms with Crippen LogP contribution in [-0.4, -0.2) is 128 Å². The van der Waals surface area contributed by atoms with Gasteiger partial charge in [-0.3, -0.25) is 0 Å². The zero-order valence-electron chi connectivity index (χ0n) is 78.5. The number of aliphatic hydroxyl groups is 7. The number of aromatic hydroxyl groups is 2. The number of aromatic carboxylic acids is 2. The third-order valence-electron chi connectivity index (χ3n) is 22.7. The fraction of sp³-hybridized carbons (Fsp3) is 0.864. The number of phenolic OH excluding ortho intramolecular Hbond substituents is 1. The Morgan fingerprint density at radius 1 is 0.308 bits per heavy atom. The number of rotatable bonds is 79. The lowest BCUT2D eigenvalue weighted by Crippen LogP contribution is -2.39. The quantitative estimate of drug-likeness (QED) is 0.0275. The highest BCUT2D eigenvalue weighted by molar-refractivity contribution is 5.91. The fourth-order valence-electron chi connectivity index (χ4n) is 14.4. The Labute approximate surface area is 724 Å². The average Bonchev–Trinajstić information content (AvgIpc) is 0.857. The van der Waals surface area contributed by atoms with Gasteiger partial charge < -0.3 is 60.9 Å². The summed E-state index contributed by atoms with van der Waals surface area (Å²) in [5.74, 6) is -1.59. The molecule has 2 aromatic rings. The molecule has 0 amide bonds. The summed E-state index contributed by atoms with van der Waals surface area (Å²) < 4.78 is 5.54. The second-order valence-electron chi connectivity index (χ2n) is 34.0. The van der Waals surface area contributed by atoms with Gasteiger partial charge in [0.2, 0.25) is 0 Å². The van der Waals surface area contributed by atoms with Crippen LogP contribution in [0, 0.1) is 11.3 Å². The summed E-state index contributed by atoms with van der Waals surface area (Å²) in [6, 6.07) is 9.34. The maximum Gasteiger partial charge on any atom is 0.339 e. The van der Waals surface area contributed by atoms with E-state index in [0.29, 0.717) is 56.5 Å². The standard InChI is InChI=1S/C22H46O.C18H38O.C16H34O.C14H30O.C13H28O4.C11H14O3.C9H10O3/c1-2-3-4-5-6-7-8-9-10-11-12-13-14-15-16-17-18-19-20-21-22-23;1-2-3-4-5-6-7-8-9-10-11-12-13-14-15-16-17-18-19;1-2-3-4-5-6-7-8-9-10-11-12-13-14-15-16-17;1-2-3-4-5-6-7-8-9-10-11-12-13-14-15;1-3-5-6-12(4-2)7-17-11-13(8-14,9-15)10-16;1-2-3-5-8-6-4-7-9(10(8)12)11(13)14;1-2-6-7(9(11)12)4-3-5-8(6)10/h23H,2-22H2,1H3;19H,2-18H2,1H3;17H,2-16H2,1H3;15H,2-14H2,1H3;12,14-16H,3-11H2,1-2H3;4,6-7,12H,2-3,5H2,1H3,(H,13,14);3-5,10H,2H2,1H3,(H,11,12). The van der Waals surface area contributed by atoms with Gasteiger partial charge in [0.15, 0.2) is 0 Å². The number of carboxylic acids is 2. The number of phenols is 2. The molecule has 117 heavy (non-hydrogen) atoms. The summed E-state index contributed by atoms with van der Waals surface area (Å²) in [5, 5.41) is 98.4. The Hall–Kier alpha value is -3.34. The van der Waals surface area contributed by atoms with Crippen LogP contribution in [0.3, 0.4) is 0 Å². The van der Waals surface area contributed by atoms with Crippen LogP contribution in [-0.2, 0) is 17.6 Å².